The second-order valence-corrected chi connectivity index (χ2v) is 5.23. The largest absolute Gasteiger partial charge is 0.390 e. The second kappa shape index (κ2) is 5.96. The molecule has 4 heteroatoms. The fourth-order valence-corrected chi connectivity index (χ4v) is 2.63. The van der Waals surface area contributed by atoms with Crippen LogP contribution in [-0.4, -0.2) is 73.4 Å². The molecule has 94 valence electrons. The van der Waals surface area contributed by atoms with Crippen molar-refractivity contribution < 1.29 is 5.11 Å². The lowest BCUT2D eigenvalue weighted by Crippen LogP contribution is -2.52. The summed E-state index contributed by atoms with van der Waals surface area (Å²) < 4.78 is 0. The van der Waals surface area contributed by atoms with Crippen LogP contribution >= 0.6 is 0 Å². The summed E-state index contributed by atoms with van der Waals surface area (Å²) in [5.41, 5.74) is 0. The van der Waals surface area contributed by atoms with Crippen LogP contribution in [0.4, 0.5) is 0 Å². The molecule has 2 aliphatic rings. The van der Waals surface area contributed by atoms with Gasteiger partial charge in [-0.2, -0.15) is 0 Å². The molecular weight excluding hydrogens is 202 g/mol. The second-order valence-electron chi connectivity index (χ2n) is 5.23. The topological polar surface area (TPSA) is 38.7 Å². The number of hydrogen-bond donors (Lipinski definition) is 2. The van der Waals surface area contributed by atoms with Gasteiger partial charge in [-0.25, -0.2) is 0 Å². The lowest BCUT2D eigenvalue weighted by atomic mass is 9.99. The van der Waals surface area contributed by atoms with Crippen LogP contribution < -0.4 is 5.32 Å². The predicted molar refractivity (Wildman–Crippen MR) is 65.6 cm³/mol. The van der Waals surface area contributed by atoms with E-state index in [-0.39, 0.29) is 6.10 Å². The first kappa shape index (κ1) is 12.3. The van der Waals surface area contributed by atoms with Gasteiger partial charge >= 0.3 is 0 Å². The molecular formula is C12H25N3O. The highest BCUT2D eigenvalue weighted by Crippen LogP contribution is 2.12. The van der Waals surface area contributed by atoms with Gasteiger partial charge < -0.3 is 15.3 Å². The molecule has 0 saturated carbocycles. The average Bonchev–Trinajstić information content (AvgIpc) is 2.33. The Morgan fingerprint density at radius 1 is 1.25 bits per heavy atom. The molecule has 2 N–H and O–H groups in total. The summed E-state index contributed by atoms with van der Waals surface area (Å²) in [6.45, 7) is 6.37. The van der Waals surface area contributed by atoms with Crippen LogP contribution in [0.2, 0.25) is 0 Å². The Bertz CT molecular complexity index is 198. The summed E-state index contributed by atoms with van der Waals surface area (Å²) in [7, 11) is 2.16. The number of likely N-dealkylation sites (N-methyl/N-ethyl adjacent to an activating group) is 1. The van der Waals surface area contributed by atoms with E-state index in [0.717, 1.165) is 45.7 Å². The summed E-state index contributed by atoms with van der Waals surface area (Å²) >= 11 is 0. The molecule has 2 aliphatic heterocycles. The van der Waals surface area contributed by atoms with Crippen LogP contribution in [0.15, 0.2) is 0 Å². The highest BCUT2D eigenvalue weighted by molar-refractivity contribution is 4.83. The quantitative estimate of drug-likeness (QED) is 0.697. The minimum Gasteiger partial charge on any atom is -0.390 e. The van der Waals surface area contributed by atoms with Crippen LogP contribution in [0.25, 0.3) is 0 Å². The van der Waals surface area contributed by atoms with E-state index < -0.39 is 0 Å². The van der Waals surface area contributed by atoms with E-state index in [1.807, 2.05) is 0 Å². The van der Waals surface area contributed by atoms with Gasteiger partial charge in [0.2, 0.25) is 0 Å². The van der Waals surface area contributed by atoms with E-state index in [9.17, 15) is 5.11 Å². The zero-order valence-corrected chi connectivity index (χ0v) is 10.4. The van der Waals surface area contributed by atoms with Crippen LogP contribution in [0.1, 0.15) is 19.3 Å². The first-order chi connectivity index (χ1) is 7.75. The Morgan fingerprint density at radius 2 is 2.00 bits per heavy atom. The van der Waals surface area contributed by atoms with Crippen molar-refractivity contribution in [2.75, 3.05) is 46.3 Å². The Morgan fingerprint density at radius 3 is 2.62 bits per heavy atom. The lowest BCUT2D eigenvalue weighted by molar-refractivity contribution is 0.0509. The number of piperidine rings is 1. The Labute approximate surface area is 98.6 Å². The van der Waals surface area contributed by atoms with Crippen LogP contribution in [0.5, 0.6) is 0 Å². The van der Waals surface area contributed by atoms with Crippen molar-refractivity contribution in [2.45, 2.75) is 31.4 Å². The number of piperazine rings is 1. The van der Waals surface area contributed by atoms with E-state index in [4.69, 9.17) is 0 Å². The average molecular weight is 227 g/mol. The molecule has 2 unspecified atom stereocenters. The zero-order chi connectivity index (χ0) is 11.4. The zero-order valence-electron chi connectivity index (χ0n) is 10.4. The maximum Gasteiger partial charge on any atom is 0.0819 e. The fourth-order valence-electron chi connectivity index (χ4n) is 2.63. The molecule has 2 rings (SSSR count). The molecule has 2 fully saturated rings. The van der Waals surface area contributed by atoms with Crippen molar-refractivity contribution in [1.82, 2.24) is 15.1 Å². The van der Waals surface area contributed by atoms with Crippen molar-refractivity contribution in [3.63, 3.8) is 0 Å². The van der Waals surface area contributed by atoms with E-state index in [2.05, 4.69) is 22.2 Å². The first-order valence-corrected chi connectivity index (χ1v) is 6.58. The highest BCUT2D eigenvalue weighted by atomic mass is 16.3. The standard InChI is InChI=1S/C12H25N3O/c1-14-6-8-15(9-7-14)10-12(16)11-4-2-3-5-13-11/h11-13,16H,2-10H2,1H3. The minimum absolute atomic E-state index is 0.191. The molecule has 2 saturated heterocycles. The molecule has 0 radical (unpaired) electrons. The van der Waals surface area contributed by atoms with Gasteiger partial charge in [0.1, 0.15) is 0 Å². The van der Waals surface area contributed by atoms with Crippen LogP contribution in [0, 0.1) is 0 Å². The van der Waals surface area contributed by atoms with Gasteiger partial charge in [-0.05, 0) is 26.4 Å². The third-order valence-electron chi connectivity index (χ3n) is 3.85. The third kappa shape index (κ3) is 3.42. The molecule has 0 aromatic heterocycles. The van der Waals surface area contributed by atoms with Gasteiger partial charge in [-0.15, -0.1) is 0 Å². The van der Waals surface area contributed by atoms with E-state index in [1.54, 1.807) is 0 Å². The van der Waals surface area contributed by atoms with Crippen LogP contribution in [-0.2, 0) is 0 Å². The summed E-state index contributed by atoms with van der Waals surface area (Å²) in [6.07, 6.45) is 3.47. The van der Waals surface area contributed by atoms with E-state index >= 15 is 0 Å². The van der Waals surface area contributed by atoms with Gasteiger partial charge in [0.05, 0.1) is 6.10 Å². The minimum atomic E-state index is -0.191. The number of hydrogen-bond acceptors (Lipinski definition) is 4. The summed E-state index contributed by atoms with van der Waals surface area (Å²) in [5, 5.41) is 13.6. The normalized spacial score (nSPS) is 31.5. The highest BCUT2D eigenvalue weighted by Gasteiger charge is 2.24. The Kier molecular flexibility index (Phi) is 4.58. The molecule has 2 atom stereocenters. The van der Waals surface area contributed by atoms with Gasteiger partial charge in [-0.3, -0.25) is 4.90 Å². The molecule has 4 nitrogen and oxygen atoms in total. The van der Waals surface area contributed by atoms with Gasteiger partial charge in [0, 0.05) is 38.8 Å². The third-order valence-corrected chi connectivity index (χ3v) is 3.85. The number of aliphatic hydroxyl groups excluding tert-OH is 1. The molecule has 2 heterocycles. The molecule has 16 heavy (non-hydrogen) atoms. The Balaban J connectivity index is 1.71. The van der Waals surface area contributed by atoms with Crippen LogP contribution in [0.3, 0.4) is 0 Å². The number of rotatable bonds is 3. The first-order valence-electron chi connectivity index (χ1n) is 6.58. The van der Waals surface area contributed by atoms with Crippen molar-refractivity contribution in [1.29, 1.82) is 0 Å². The number of β-amino-alcohol motifs (C(OH)–C–C–N with tert-alkyl or cyclic N) is 1. The number of nitrogens with zero attached hydrogens (tertiary/aromatic N) is 2. The predicted octanol–water partition coefficient (Wildman–Crippen LogP) is -0.263. The van der Waals surface area contributed by atoms with E-state index in [0.29, 0.717) is 6.04 Å². The Hall–Kier alpha value is -0.160. The maximum absolute atomic E-state index is 10.2. The maximum atomic E-state index is 10.2. The molecule has 0 amide bonds. The number of aliphatic hydroxyl groups is 1. The molecule has 0 aromatic rings. The molecule has 0 aliphatic carbocycles. The SMILES string of the molecule is CN1CCN(CC(O)C2CCCCN2)CC1. The summed E-state index contributed by atoms with van der Waals surface area (Å²) in [4.78, 5) is 4.74. The van der Waals surface area contributed by atoms with Gasteiger partial charge in [-0.1, -0.05) is 6.42 Å². The summed E-state index contributed by atoms with van der Waals surface area (Å²) in [5.74, 6) is 0. The van der Waals surface area contributed by atoms with Gasteiger partial charge in [0.25, 0.3) is 0 Å². The molecule has 0 bridgehead atoms. The number of nitrogens with one attached hydrogen (secondary N) is 1. The lowest BCUT2D eigenvalue weighted by Gasteiger charge is -2.36. The van der Waals surface area contributed by atoms with Crippen molar-refractivity contribution in [3.05, 3.63) is 0 Å². The monoisotopic (exact) mass is 227 g/mol. The fraction of sp³-hybridized carbons (Fsp3) is 1.00. The van der Waals surface area contributed by atoms with Gasteiger partial charge in [0.15, 0.2) is 0 Å². The molecule has 0 aromatic carbocycles. The van der Waals surface area contributed by atoms with E-state index in [1.165, 1.54) is 12.8 Å². The van der Waals surface area contributed by atoms with Crippen molar-refractivity contribution in [2.24, 2.45) is 0 Å². The van der Waals surface area contributed by atoms with Crippen molar-refractivity contribution >= 4 is 0 Å². The smallest absolute Gasteiger partial charge is 0.0819 e. The molecule has 0 spiro atoms. The van der Waals surface area contributed by atoms with Crippen molar-refractivity contribution in [3.8, 4) is 0 Å². The summed E-state index contributed by atoms with van der Waals surface area (Å²) in [6, 6.07) is 0.327.